The lowest BCUT2D eigenvalue weighted by atomic mass is 10.2. The molecule has 0 atom stereocenters. The van der Waals surface area contributed by atoms with E-state index in [9.17, 15) is 0 Å². The lowest BCUT2D eigenvalue weighted by molar-refractivity contribution is 0.130. The second-order valence-electron chi connectivity index (χ2n) is 2.35. The van der Waals surface area contributed by atoms with Gasteiger partial charge in [-0.05, 0) is 6.07 Å². The first-order valence-electron chi connectivity index (χ1n) is 3.52. The van der Waals surface area contributed by atoms with Crippen LogP contribution in [0.25, 0.3) is 0 Å². The Bertz CT molecular complexity index is 220. The third-order valence-corrected chi connectivity index (χ3v) is 1.57. The fraction of sp³-hybridized carbons (Fsp3) is 0.222. The second kappa shape index (κ2) is 2.93. The van der Waals surface area contributed by atoms with E-state index in [1.807, 2.05) is 24.3 Å². The molecular formula is C9H8O2. The van der Waals surface area contributed by atoms with Gasteiger partial charge in [-0.25, -0.2) is 0 Å². The molecule has 1 aromatic carbocycles. The molecule has 1 aliphatic heterocycles. The summed E-state index contributed by atoms with van der Waals surface area (Å²) in [5.74, 6) is 0.852. The van der Waals surface area contributed by atoms with E-state index in [1.54, 1.807) is 0 Å². The number of ether oxygens (including phenoxy) is 2. The van der Waals surface area contributed by atoms with Gasteiger partial charge in [-0.2, -0.15) is 0 Å². The highest BCUT2D eigenvalue weighted by molar-refractivity contribution is 5.33. The van der Waals surface area contributed by atoms with Crippen LogP contribution >= 0.6 is 0 Å². The normalized spacial score (nSPS) is 16.4. The van der Waals surface area contributed by atoms with Crippen molar-refractivity contribution in [1.29, 1.82) is 0 Å². The van der Waals surface area contributed by atoms with Crippen molar-refractivity contribution in [3.63, 3.8) is 0 Å². The van der Waals surface area contributed by atoms with Crippen LogP contribution in [0.4, 0.5) is 0 Å². The molecule has 2 nitrogen and oxygen atoms in total. The molecule has 1 heterocycles. The van der Waals surface area contributed by atoms with Gasteiger partial charge in [0.1, 0.15) is 5.75 Å². The van der Waals surface area contributed by atoms with E-state index in [0.29, 0.717) is 13.2 Å². The summed E-state index contributed by atoms with van der Waals surface area (Å²) >= 11 is 0. The zero-order valence-corrected chi connectivity index (χ0v) is 6.04. The van der Waals surface area contributed by atoms with Crippen LogP contribution in [0.1, 0.15) is 5.56 Å². The second-order valence-corrected chi connectivity index (χ2v) is 2.35. The van der Waals surface area contributed by atoms with Crippen LogP contribution in [0, 0.1) is 6.61 Å². The van der Waals surface area contributed by atoms with Crippen molar-refractivity contribution in [1.82, 2.24) is 0 Å². The van der Waals surface area contributed by atoms with E-state index in [1.165, 1.54) is 0 Å². The maximum Gasteiger partial charge on any atom is 0.224 e. The molecular weight excluding hydrogens is 140 g/mol. The van der Waals surface area contributed by atoms with Crippen molar-refractivity contribution in [3.8, 4) is 5.75 Å². The summed E-state index contributed by atoms with van der Waals surface area (Å²) in [5.41, 5.74) is 1.08. The van der Waals surface area contributed by atoms with E-state index >= 15 is 0 Å². The Morgan fingerprint density at radius 3 is 3.18 bits per heavy atom. The zero-order valence-electron chi connectivity index (χ0n) is 6.04. The maximum absolute atomic E-state index is 5.18. The Labute approximate surface area is 65.7 Å². The highest BCUT2D eigenvalue weighted by Crippen LogP contribution is 2.21. The first-order valence-corrected chi connectivity index (χ1v) is 3.52. The van der Waals surface area contributed by atoms with Crippen molar-refractivity contribution in [2.75, 3.05) is 6.61 Å². The van der Waals surface area contributed by atoms with Crippen molar-refractivity contribution in [3.05, 3.63) is 36.4 Å². The molecule has 2 heteroatoms. The molecule has 0 saturated heterocycles. The third-order valence-electron chi connectivity index (χ3n) is 1.57. The number of fused-ring (bicyclic) bond motifs is 1. The SMILES string of the molecule is [C]1COCc2ccccc2O1. The summed E-state index contributed by atoms with van der Waals surface area (Å²) in [6.45, 7) is 3.73. The minimum Gasteiger partial charge on any atom is -0.475 e. The molecule has 56 valence electrons. The number of rotatable bonds is 0. The fourth-order valence-electron chi connectivity index (χ4n) is 1.03. The van der Waals surface area contributed by atoms with Gasteiger partial charge in [0, 0.05) is 5.56 Å². The standard InChI is InChI=1S/C9H8O2/c1-2-4-9-8(3-1)7-10-5-6-11-9/h1-4H,5,7H2. The Kier molecular flexibility index (Phi) is 1.78. The van der Waals surface area contributed by atoms with E-state index in [4.69, 9.17) is 9.47 Å². The average molecular weight is 148 g/mol. The monoisotopic (exact) mass is 148 g/mol. The fourth-order valence-corrected chi connectivity index (χ4v) is 1.03. The minimum absolute atomic E-state index is 0.439. The highest BCUT2D eigenvalue weighted by Gasteiger charge is 2.07. The molecule has 0 aromatic heterocycles. The van der Waals surface area contributed by atoms with Gasteiger partial charge in [0.15, 0.2) is 0 Å². The van der Waals surface area contributed by atoms with Gasteiger partial charge in [-0.15, -0.1) is 0 Å². The van der Waals surface area contributed by atoms with Crippen molar-refractivity contribution in [2.45, 2.75) is 6.61 Å². The van der Waals surface area contributed by atoms with Gasteiger partial charge in [0.25, 0.3) is 0 Å². The molecule has 0 unspecified atom stereocenters. The van der Waals surface area contributed by atoms with Gasteiger partial charge in [0.2, 0.25) is 6.61 Å². The van der Waals surface area contributed by atoms with Crippen molar-refractivity contribution < 1.29 is 9.47 Å². The zero-order chi connectivity index (χ0) is 7.52. The van der Waals surface area contributed by atoms with Gasteiger partial charge in [-0.1, -0.05) is 18.2 Å². The van der Waals surface area contributed by atoms with Gasteiger partial charge in [-0.3, -0.25) is 0 Å². The lowest BCUT2D eigenvalue weighted by Crippen LogP contribution is -1.93. The first kappa shape index (κ1) is 6.68. The van der Waals surface area contributed by atoms with Crippen molar-refractivity contribution >= 4 is 0 Å². The number of hydrogen-bond donors (Lipinski definition) is 0. The Balaban J connectivity index is 2.33. The lowest BCUT2D eigenvalue weighted by Gasteiger charge is -2.02. The molecule has 11 heavy (non-hydrogen) atoms. The third kappa shape index (κ3) is 1.35. The van der Waals surface area contributed by atoms with E-state index in [2.05, 4.69) is 6.61 Å². The summed E-state index contributed by atoms with van der Waals surface area (Å²) in [5, 5.41) is 0. The molecule has 0 fully saturated rings. The molecule has 2 radical (unpaired) electrons. The predicted octanol–water partition coefficient (Wildman–Crippen LogP) is 1.63. The molecule has 0 amide bonds. The Hall–Kier alpha value is -1.02. The summed E-state index contributed by atoms with van der Waals surface area (Å²) in [6, 6.07) is 7.81. The summed E-state index contributed by atoms with van der Waals surface area (Å²) in [6.07, 6.45) is 0. The molecule has 0 saturated carbocycles. The van der Waals surface area contributed by atoms with Crippen LogP contribution in [-0.4, -0.2) is 6.61 Å². The van der Waals surface area contributed by atoms with Crippen molar-refractivity contribution in [2.24, 2.45) is 0 Å². The van der Waals surface area contributed by atoms with Gasteiger partial charge in [0.05, 0.1) is 13.2 Å². The Morgan fingerprint density at radius 1 is 1.27 bits per heavy atom. The number of benzene rings is 1. The molecule has 1 aromatic rings. The maximum atomic E-state index is 5.18. The van der Waals surface area contributed by atoms with E-state index in [-0.39, 0.29) is 0 Å². The van der Waals surface area contributed by atoms with Gasteiger partial charge < -0.3 is 9.47 Å². The molecule has 0 aliphatic carbocycles. The summed E-state index contributed by atoms with van der Waals surface area (Å²) in [7, 11) is 0. The molecule has 0 N–H and O–H groups in total. The van der Waals surface area contributed by atoms with Crippen LogP contribution in [0.2, 0.25) is 0 Å². The highest BCUT2D eigenvalue weighted by atomic mass is 16.5. The van der Waals surface area contributed by atoms with Crippen LogP contribution in [-0.2, 0) is 11.3 Å². The molecule has 2 rings (SSSR count). The predicted molar refractivity (Wildman–Crippen MR) is 40.0 cm³/mol. The number of hydrogen-bond acceptors (Lipinski definition) is 2. The van der Waals surface area contributed by atoms with Crippen LogP contribution in [0.15, 0.2) is 24.3 Å². The van der Waals surface area contributed by atoms with E-state index < -0.39 is 0 Å². The average Bonchev–Trinajstić information content (AvgIpc) is 2.28. The minimum atomic E-state index is 0.439. The van der Waals surface area contributed by atoms with Crippen LogP contribution in [0.3, 0.4) is 0 Å². The first-order chi connectivity index (χ1) is 5.47. The van der Waals surface area contributed by atoms with Gasteiger partial charge >= 0.3 is 0 Å². The quantitative estimate of drug-likeness (QED) is 0.556. The smallest absolute Gasteiger partial charge is 0.224 e. The Morgan fingerprint density at radius 2 is 2.18 bits per heavy atom. The largest absolute Gasteiger partial charge is 0.475 e. The van der Waals surface area contributed by atoms with Crippen LogP contribution < -0.4 is 4.74 Å². The molecule has 1 aliphatic rings. The van der Waals surface area contributed by atoms with E-state index in [0.717, 1.165) is 11.3 Å². The molecule has 0 spiro atoms. The summed E-state index contributed by atoms with van der Waals surface area (Å²) < 4.78 is 10.4. The molecule has 0 bridgehead atoms. The topological polar surface area (TPSA) is 18.5 Å². The van der Waals surface area contributed by atoms with Crippen LogP contribution in [0.5, 0.6) is 5.75 Å². The summed E-state index contributed by atoms with van der Waals surface area (Å²) in [4.78, 5) is 0. The number of para-hydroxylation sites is 1.